The number of nitrogens with two attached hydrogens (primary N) is 1. The molecule has 0 radical (unpaired) electrons. The van der Waals surface area contributed by atoms with Gasteiger partial charge in [0, 0.05) is 6.61 Å². The monoisotopic (exact) mass is 225 g/mol. The van der Waals surface area contributed by atoms with Gasteiger partial charge in [-0.2, -0.15) is 0 Å². The predicted octanol–water partition coefficient (Wildman–Crippen LogP) is 0.789. The third-order valence-corrected chi connectivity index (χ3v) is 2.38. The SMILES string of the molecule is CCCCOB(N)c1ccc(F)cc1CO. The number of halogens is 1. The first kappa shape index (κ1) is 13.2. The molecule has 16 heavy (non-hydrogen) atoms. The Kier molecular flexibility index (Phi) is 5.45. The van der Waals surface area contributed by atoms with Crippen LogP contribution in [0, 0.1) is 5.82 Å². The van der Waals surface area contributed by atoms with E-state index in [-0.39, 0.29) is 12.4 Å². The highest BCUT2D eigenvalue weighted by molar-refractivity contribution is 6.64. The summed E-state index contributed by atoms with van der Waals surface area (Å²) in [7, 11) is -0.603. The Morgan fingerprint density at radius 1 is 1.50 bits per heavy atom. The van der Waals surface area contributed by atoms with E-state index in [9.17, 15) is 4.39 Å². The van der Waals surface area contributed by atoms with Crippen molar-refractivity contribution in [3.8, 4) is 0 Å². The maximum absolute atomic E-state index is 12.9. The molecule has 0 aliphatic carbocycles. The second-order valence-corrected chi connectivity index (χ2v) is 3.65. The molecule has 88 valence electrons. The van der Waals surface area contributed by atoms with Crippen molar-refractivity contribution in [1.82, 2.24) is 0 Å². The number of unbranched alkanes of at least 4 members (excludes halogenated alkanes) is 1. The van der Waals surface area contributed by atoms with Gasteiger partial charge in [0.15, 0.2) is 0 Å². The van der Waals surface area contributed by atoms with Crippen molar-refractivity contribution in [2.45, 2.75) is 26.4 Å². The van der Waals surface area contributed by atoms with Crippen LogP contribution in [0.15, 0.2) is 18.2 Å². The van der Waals surface area contributed by atoms with E-state index in [1.54, 1.807) is 6.07 Å². The van der Waals surface area contributed by atoms with Gasteiger partial charge in [-0.3, -0.25) is 0 Å². The minimum Gasteiger partial charge on any atom is -0.418 e. The molecule has 1 aromatic carbocycles. The second-order valence-electron chi connectivity index (χ2n) is 3.65. The first-order valence-corrected chi connectivity index (χ1v) is 5.45. The molecule has 0 atom stereocenters. The zero-order valence-corrected chi connectivity index (χ0v) is 9.45. The molecular formula is C11H17BFNO2. The molecule has 0 aliphatic heterocycles. The van der Waals surface area contributed by atoms with E-state index in [0.717, 1.165) is 12.8 Å². The van der Waals surface area contributed by atoms with Crippen molar-refractivity contribution in [2.75, 3.05) is 6.61 Å². The smallest absolute Gasteiger partial charge is 0.413 e. The molecule has 0 aliphatic rings. The van der Waals surface area contributed by atoms with Crippen LogP contribution in [0.5, 0.6) is 0 Å². The number of benzene rings is 1. The van der Waals surface area contributed by atoms with E-state index in [4.69, 9.17) is 15.4 Å². The van der Waals surface area contributed by atoms with Gasteiger partial charge < -0.3 is 15.4 Å². The van der Waals surface area contributed by atoms with Gasteiger partial charge in [0.2, 0.25) is 0 Å². The normalized spacial score (nSPS) is 10.5. The summed E-state index contributed by atoms with van der Waals surface area (Å²) in [5.74, 6) is -0.381. The molecule has 0 aromatic heterocycles. The zero-order chi connectivity index (χ0) is 12.0. The largest absolute Gasteiger partial charge is 0.418 e. The first-order chi connectivity index (χ1) is 7.69. The van der Waals surface area contributed by atoms with E-state index < -0.39 is 7.05 Å². The summed E-state index contributed by atoms with van der Waals surface area (Å²) in [5.41, 5.74) is 6.92. The molecule has 5 heteroatoms. The van der Waals surface area contributed by atoms with Gasteiger partial charge in [-0.25, -0.2) is 4.39 Å². The van der Waals surface area contributed by atoms with Crippen LogP contribution >= 0.6 is 0 Å². The highest BCUT2D eigenvalue weighted by Crippen LogP contribution is 2.02. The molecule has 0 amide bonds. The summed E-state index contributed by atoms with van der Waals surface area (Å²) < 4.78 is 18.3. The van der Waals surface area contributed by atoms with Gasteiger partial charge in [0.25, 0.3) is 0 Å². The molecule has 0 saturated carbocycles. The maximum Gasteiger partial charge on any atom is 0.413 e. The summed E-state index contributed by atoms with van der Waals surface area (Å²) >= 11 is 0. The minimum atomic E-state index is -0.603. The van der Waals surface area contributed by atoms with Crippen LogP contribution in [0.2, 0.25) is 0 Å². The molecule has 1 rings (SSSR count). The van der Waals surface area contributed by atoms with E-state index in [1.165, 1.54) is 12.1 Å². The fourth-order valence-electron chi connectivity index (χ4n) is 1.43. The van der Waals surface area contributed by atoms with Gasteiger partial charge in [-0.05, 0) is 29.6 Å². The third-order valence-electron chi connectivity index (χ3n) is 2.38. The van der Waals surface area contributed by atoms with E-state index in [1.807, 2.05) is 0 Å². The molecule has 0 heterocycles. The lowest BCUT2D eigenvalue weighted by atomic mass is 9.72. The molecule has 3 N–H and O–H groups in total. The summed E-state index contributed by atoms with van der Waals surface area (Å²) in [6.07, 6.45) is 1.96. The highest BCUT2D eigenvalue weighted by atomic mass is 19.1. The Balaban J connectivity index is 2.70. The quantitative estimate of drug-likeness (QED) is 0.555. The molecule has 0 spiro atoms. The van der Waals surface area contributed by atoms with Crippen molar-refractivity contribution in [1.29, 1.82) is 0 Å². The van der Waals surface area contributed by atoms with Gasteiger partial charge >= 0.3 is 7.05 Å². The van der Waals surface area contributed by atoms with Crippen molar-refractivity contribution < 1.29 is 14.2 Å². The van der Waals surface area contributed by atoms with Crippen molar-refractivity contribution in [3.05, 3.63) is 29.6 Å². The predicted molar refractivity (Wildman–Crippen MR) is 62.8 cm³/mol. The van der Waals surface area contributed by atoms with Crippen LogP contribution in [-0.2, 0) is 11.3 Å². The summed E-state index contributed by atoms with van der Waals surface area (Å²) in [4.78, 5) is 0. The van der Waals surface area contributed by atoms with Crippen LogP contribution in [-0.4, -0.2) is 18.8 Å². The van der Waals surface area contributed by atoms with E-state index in [2.05, 4.69) is 6.92 Å². The Morgan fingerprint density at radius 3 is 2.88 bits per heavy atom. The summed E-state index contributed by atoms with van der Waals surface area (Å²) in [6.45, 7) is 2.39. The molecule has 1 aromatic rings. The molecule has 0 bridgehead atoms. The zero-order valence-electron chi connectivity index (χ0n) is 9.45. The molecule has 0 fully saturated rings. The average Bonchev–Trinajstić information content (AvgIpc) is 2.29. The van der Waals surface area contributed by atoms with Crippen LogP contribution < -0.4 is 11.1 Å². The van der Waals surface area contributed by atoms with Gasteiger partial charge in [0.1, 0.15) is 5.82 Å². The molecule has 0 saturated heterocycles. The number of aliphatic hydroxyl groups is 1. The van der Waals surface area contributed by atoms with Crippen LogP contribution in [0.3, 0.4) is 0 Å². The maximum atomic E-state index is 12.9. The molecule has 3 nitrogen and oxygen atoms in total. The van der Waals surface area contributed by atoms with Gasteiger partial charge in [0.05, 0.1) is 6.61 Å². The lowest BCUT2D eigenvalue weighted by molar-refractivity contribution is 0.281. The van der Waals surface area contributed by atoms with E-state index >= 15 is 0 Å². The number of hydrogen-bond acceptors (Lipinski definition) is 3. The standard InChI is InChI=1S/C11H17BFNO2/c1-2-3-6-16-12(14)11-5-4-10(13)7-9(11)8-15/h4-5,7,15H,2-3,6,8,14H2,1H3. The minimum absolute atomic E-state index is 0.238. The fraction of sp³-hybridized carbons (Fsp3) is 0.455. The second kappa shape index (κ2) is 6.63. The van der Waals surface area contributed by atoms with Crippen molar-refractivity contribution in [3.63, 3.8) is 0 Å². The number of hydrogen-bond donors (Lipinski definition) is 2. The van der Waals surface area contributed by atoms with Crippen molar-refractivity contribution in [2.24, 2.45) is 5.64 Å². The fourth-order valence-corrected chi connectivity index (χ4v) is 1.43. The number of aliphatic hydroxyl groups excluding tert-OH is 1. The molecular weight excluding hydrogens is 208 g/mol. The highest BCUT2D eigenvalue weighted by Gasteiger charge is 2.17. The van der Waals surface area contributed by atoms with E-state index in [0.29, 0.717) is 17.6 Å². The Hall–Kier alpha value is -0.905. The van der Waals surface area contributed by atoms with Crippen LogP contribution in [0.4, 0.5) is 4.39 Å². The lowest BCUT2D eigenvalue weighted by Crippen LogP contribution is -2.45. The van der Waals surface area contributed by atoms with Gasteiger partial charge in [-0.15, -0.1) is 0 Å². The summed E-state index contributed by atoms with van der Waals surface area (Å²) in [5, 5.41) is 9.09. The van der Waals surface area contributed by atoms with Crippen LogP contribution in [0.25, 0.3) is 0 Å². The first-order valence-electron chi connectivity index (χ1n) is 5.45. The molecule has 0 unspecified atom stereocenters. The Labute approximate surface area is 95.5 Å². The Bertz CT molecular complexity index is 336. The van der Waals surface area contributed by atoms with Crippen molar-refractivity contribution >= 4 is 12.5 Å². The third kappa shape index (κ3) is 3.59. The lowest BCUT2D eigenvalue weighted by Gasteiger charge is -2.12. The summed E-state index contributed by atoms with van der Waals surface area (Å²) in [6, 6.07) is 4.15. The topological polar surface area (TPSA) is 55.5 Å². The van der Waals surface area contributed by atoms with Gasteiger partial charge in [-0.1, -0.05) is 19.4 Å². The average molecular weight is 225 g/mol. The number of rotatable bonds is 6. The van der Waals surface area contributed by atoms with Crippen LogP contribution in [0.1, 0.15) is 25.3 Å². The Morgan fingerprint density at radius 2 is 2.25 bits per heavy atom.